The molecule has 0 aliphatic heterocycles. The Morgan fingerprint density at radius 3 is 2.07 bits per heavy atom. The predicted octanol–water partition coefficient (Wildman–Crippen LogP) is 11.3. The smallest absolute Gasteiger partial charge is 0.0622 e. The van der Waals surface area contributed by atoms with Crippen LogP contribution < -0.4 is 0 Å². The van der Waals surface area contributed by atoms with Crippen molar-refractivity contribution in [2.24, 2.45) is 0 Å². The molecule has 6 aromatic carbocycles. The van der Waals surface area contributed by atoms with E-state index in [9.17, 15) is 0 Å². The van der Waals surface area contributed by atoms with Crippen LogP contribution in [0, 0.1) is 0 Å². The largest absolute Gasteiger partial charge is 0.317 e. The van der Waals surface area contributed by atoms with E-state index in [1.54, 1.807) is 0 Å². The van der Waals surface area contributed by atoms with E-state index in [2.05, 4.69) is 162 Å². The van der Waals surface area contributed by atoms with E-state index < -0.39 is 0 Å². The minimum Gasteiger partial charge on any atom is -0.317 e. The predicted molar refractivity (Wildman–Crippen MR) is 186 cm³/mol. The molecule has 0 spiro atoms. The molecule has 0 fully saturated rings. The van der Waals surface area contributed by atoms with Crippen LogP contribution in [-0.2, 0) is 0 Å². The molecule has 8 rings (SSSR count). The summed E-state index contributed by atoms with van der Waals surface area (Å²) in [6.45, 7) is 6.03. The van der Waals surface area contributed by atoms with E-state index >= 15 is 0 Å². The first-order valence-corrected chi connectivity index (χ1v) is 14.7. The average Bonchev–Trinajstić information content (AvgIpc) is 3.65. The van der Waals surface area contributed by atoms with Gasteiger partial charge in [0.25, 0.3) is 0 Å². The molecule has 0 saturated heterocycles. The van der Waals surface area contributed by atoms with Crippen molar-refractivity contribution in [3.63, 3.8) is 0 Å². The van der Waals surface area contributed by atoms with Crippen LogP contribution in [0.3, 0.4) is 0 Å². The summed E-state index contributed by atoms with van der Waals surface area (Å²) in [5.41, 5.74) is 8.40. The summed E-state index contributed by atoms with van der Waals surface area (Å²) in [6, 6.07) is 44.1. The van der Waals surface area contributed by atoms with Gasteiger partial charge in [-0.3, -0.25) is 0 Å². The molecule has 0 unspecified atom stereocenters. The maximum atomic E-state index is 3.84. The number of nitrogens with zero attached hydrogens (tertiary/aromatic N) is 2. The molecule has 0 aliphatic carbocycles. The summed E-state index contributed by atoms with van der Waals surface area (Å²) in [5, 5.41) is 8.90. The molecule has 0 atom stereocenters. The lowest BCUT2D eigenvalue weighted by Gasteiger charge is -2.12. The highest BCUT2D eigenvalue weighted by molar-refractivity contribution is 6.32. The van der Waals surface area contributed by atoms with Crippen LogP contribution in [0.1, 0.15) is 6.92 Å². The SMILES string of the molecule is C=C/C=C\C=C(/C)n1c2ccc(-c3ccc(-n4ccc5ccccc54)cc3)cc2c2c3ccccc3c3ccccc3c21. The maximum absolute atomic E-state index is 3.84. The third-order valence-corrected chi connectivity index (χ3v) is 8.65. The summed E-state index contributed by atoms with van der Waals surface area (Å²) in [7, 11) is 0. The van der Waals surface area contributed by atoms with E-state index in [4.69, 9.17) is 0 Å². The van der Waals surface area contributed by atoms with Gasteiger partial charge in [-0.05, 0) is 82.1 Å². The van der Waals surface area contributed by atoms with E-state index in [-0.39, 0.29) is 0 Å². The topological polar surface area (TPSA) is 9.86 Å². The van der Waals surface area contributed by atoms with Crippen molar-refractivity contribution in [2.75, 3.05) is 0 Å². The van der Waals surface area contributed by atoms with Crippen LogP contribution >= 0.6 is 0 Å². The van der Waals surface area contributed by atoms with Crippen molar-refractivity contribution in [1.29, 1.82) is 0 Å². The molecule has 43 heavy (non-hydrogen) atoms. The Bertz CT molecular complexity index is 2410. The molecule has 0 radical (unpaired) electrons. The molecule has 0 saturated carbocycles. The molecule has 2 heterocycles. The lowest BCUT2D eigenvalue weighted by atomic mass is 9.95. The molecule has 2 aromatic heterocycles. The van der Waals surface area contributed by atoms with Gasteiger partial charge in [0.15, 0.2) is 0 Å². The number of hydrogen-bond acceptors (Lipinski definition) is 0. The normalized spacial score (nSPS) is 12.4. The minimum atomic E-state index is 1.16. The zero-order chi connectivity index (χ0) is 28.9. The van der Waals surface area contributed by atoms with E-state index in [0.717, 1.165) is 11.4 Å². The van der Waals surface area contributed by atoms with Gasteiger partial charge < -0.3 is 9.13 Å². The van der Waals surface area contributed by atoms with E-state index in [1.165, 1.54) is 65.4 Å². The van der Waals surface area contributed by atoms with Gasteiger partial charge in [-0.1, -0.05) is 110 Å². The molecule has 8 aromatic rings. The molecule has 2 nitrogen and oxygen atoms in total. The molecule has 0 N–H and O–H groups in total. The van der Waals surface area contributed by atoms with Gasteiger partial charge in [0.05, 0.1) is 16.6 Å². The van der Waals surface area contributed by atoms with Gasteiger partial charge in [0, 0.05) is 33.7 Å². The molecule has 0 amide bonds. The highest BCUT2D eigenvalue weighted by Crippen LogP contribution is 2.43. The van der Waals surface area contributed by atoms with Crippen molar-refractivity contribution in [2.45, 2.75) is 6.92 Å². The fourth-order valence-electron chi connectivity index (χ4n) is 6.70. The fraction of sp³-hybridized carbons (Fsp3) is 0.0244. The number of para-hydroxylation sites is 1. The zero-order valence-corrected chi connectivity index (χ0v) is 24.0. The molecule has 2 heteroatoms. The van der Waals surface area contributed by atoms with Gasteiger partial charge in [0.2, 0.25) is 0 Å². The van der Waals surface area contributed by atoms with Crippen LogP contribution in [0.15, 0.2) is 158 Å². The molecule has 204 valence electrons. The Kier molecular flexibility index (Phi) is 5.87. The Morgan fingerprint density at radius 2 is 1.28 bits per heavy atom. The molecular weight excluding hydrogens is 520 g/mol. The van der Waals surface area contributed by atoms with Gasteiger partial charge in [-0.2, -0.15) is 0 Å². The van der Waals surface area contributed by atoms with Crippen molar-refractivity contribution in [3.8, 4) is 16.8 Å². The highest BCUT2D eigenvalue weighted by atomic mass is 15.0. The van der Waals surface area contributed by atoms with Crippen molar-refractivity contribution >= 4 is 60.0 Å². The number of fused-ring (bicyclic) bond motifs is 9. The quantitative estimate of drug-likeness (QED) is 0.149. The highest BCUT2D eigenvalue weighted by Gasteiger charge is 2.19. The summed E-state index contributed by atoms with van der Waals surface area (Å²) in [4.78, 5) is 0. The lowest BCUT2D eigenvalue weighted by Crippen LogP contribution is -1.94. The summed E-state index contributed by atoms with van der Waals surface area (Å²) >= 11 is 0. The Hall–Kier alpha value is -5.60. The first-order chi connectivity index (χ1) is 21.2. The second-order valence-corrected chi connectivity index (χ2v) is 11.1. The van der Waals surface area contributed by atoms with Gasteiger partial charge >= 0.3 is 0 Å². The Morgan fingerprint density at radius 1 is 0.605 bits per heavy atom. The zero-order valence-electron chi connectivity index (χ0n) is 24.0. The number of allylic oxidation sites excluding steroid dienone is 5. The van der Waals surface area contributed by atoms with Crippen LogP contribution in [-0.4, -0.2) is 9.13 Å². The van der Waals surface area contributed by atoms with Crippen LogP contribution in [0.5, 0.6) is 0 Å². The molecule has 0 bridgehead atoms. The van der Waals surface area contributed by atoms with Crippen molar-refractivity contribution in [1.82, 2.24) is 9.13 Å². The van der Waals surface area contributed by atoms with Gasteiger partial charge in [0.1, 0.15) is 0 Å². The molecular formula is C41H30N2. The van der Waals surface area contributed by atoms with Crippen LogP contribution in [0.4, 0.5) is 0 Å². The van der Waals surface area contributed by atoms with Gasteiger partial charge in [-0.15, -0.1) is 0 Å². The van der Waals surface area contributed by atoms with E-state index in [0.29, 0.717) is 0 Å². The van der Waals surface area contributed by atoms with Gasteiger partial charge in [-0.25, -0.2) is 0 Å². The minimum absolute atomic E-state index is 1.16. The fourth-order valence-corrected chi connectivity index (χ4v) is 6.70. The monoisotopic (exact) mass is 550 g/mol. The molecule has 0 aliphatic rings. The summed E-state index contributed by atoms with van der Waals surface area (Å²) in [5.74, 6) is 0. The first kappa shape index (κ1) is 25.1. The van der Waals surface area contributed by atoms with Crippen LogP contribution in [0.25, 0.3) is 76.8 Å². The third kappa shape index (κ3) is 3.95. The number of aromatic nitrogens is 2. The second-order valence-electron chi connectivity index (χ2n) is 11.1. The maximum Gasteiger partial charge on any atom is 0.0622 e. The standard InChI is InChI=1S/C41H30N2/c1-3-4-5-12-28(2)43-39-24-21-31(29-19-22-32(23-20-29)42-26-25-30-13-6-11-18-38(30)42)27-37(39)40-35-16-9-7-14-33(35)34-15-8-10-17-36(34)41(40)43/h3-27H,1H2,2H3/b5-4-,28-12+. The number of rotatable bonds is 5. The number of hydrogen-bond donors (Lipinski definition) is 0. The average molecular weight is 551 g/mol. The Labute approximate surface area is 250 Å². The van der Waals surface area contributed by atoms with Crippen LogP contribution in [0.2, 0.25) is 0 Å². The second kappa shape index (κ2) is 10.0. The van der Waals surface area contributed by atoms with E-state index in [1.807, 2.05) is 12.2 Å². The first-order valence-electron chi connectivity index (χ1n) is 14.7. The third-order valence-electron chi connectivity index (χ3n) is 8.65. The van der Waals surface area contributed by atoms with Crippen molar-refractivity contribution < 1.29 is 0 Å². The number of benzene rings is 6. The summed E-state index contributed by atoms with van der Waals surface area (Å²) in [6.07, 6.45) is 10.2. The lowest BCUT2D eigenvalue weighted by molar-refractivity contribution is 1.13. The Balaban J connectivity index is 1.38. The van der Waals surface area contributed by atoms with Crippen molar-refractivity contribution in [3.05, 3.63) is 158 Å². The summed E-state index contributed by atoms with van der Waals surface area (Å²) < 4.78 is 4.68.